The van der Waals surface area contributed by atoms with Gasteiger partial charge >= 0.3 is 6.09 Å². The number of amides is 2. The molecule has 2 amide bonds. The highest BCUT2D eigenvalue weighted by Crippen LogP contribution is 2.24. The van der Waals surface area contributed by atoms with E-state index in [-0.39, 0.29) is 11.8 Å². The third kappa shape index (κ3) is 3.88. The van der Waals surface area contributed by atoms with Gasteiger partial charge in [0.05, 0.1) is 0 Å². The molecule has 1 rings (SSSR count). The van der Waals surface area contributed by atoms with Crippen LogP contribution in [0.5, 0.6) is 0 Å². The summed E-state index contributed by atoms with van der Waals surface area (Å²) in [5, 5.41) is 0. The summed E-state index contributed by atoms with van der Waals surface area (Å²) < 4.78 is 5.19. The van der Waals surface area contributed by atoms with E-state index in [1.807, 2.05) is 0 Å². The van der Waals surface area contributed by atoms with E-state index in [1.54, 1.807) is 26.8 Å². The molecule has 1 aliphatic heterocycles. The predicted molar refractivity (Wildman–Crippen MR) is 65.5 cm³/mol. The van der Waals surface area contributed by atoms with Crippen molar-refractivity contribution >= 4 is 12.0 Å². The van der Waals surface area contributed by atoms with E-state index in [0.29, 0.717) is 6.54 Å². The molecule has 0 N–H and O–H groups in total. The number of hydrogen-bond acceptors (Lipinski definition) is 3. The summed E-state index contributed by atoms with van der Waals surface area (Å²) in [4.78, 5) is 24.9. The van der Waals surface area contributed by atoms with Crippen LogP contribution in [0, 0.1) is 5.92 Å². The molecule has 1 atom stereocenters. The van der Waals surface area contributed by atoms with Crippen LogP contribution in [0.3, 0.4) is 0 Å². The quantitative estimate of drug-likeness (QED) is 0.711. The summed E-state index contributed by atoms with van der Waals surface area (Å²) in [7, 11) is 0. The monoisotopic (exact) mass is 239 g/mol. The topological polar surface area (TPSA) is 46.6 Å². The SMILES string of the molecule is C=CCCC1CCN(C(=O)OC(C)(C)C)C1=O. The normalized spacial score (nSPS) is 20.5. The Morgan fingerprint density at radius 1 is 1.59 bits per heavy atom. The molecule has 96 valence electrons. The Balaban J connectivity index is 2.54. The van der Waals surface area contributed by atoms with Crippen molar-refractivity contribution in [1.29, 1.82) is 0 Å². The van der Waals surface area contributed by atoms with Crippen molar-refractivity contribution < 1.29 is 14.3 Å². The van der Waals surface area contributed by atoms with Crippen LogP contribution in [0.2, 0.25) is 0 Å². The van der Waals surface area contributed by atoms with Crippen molar-refractivity contribution in [3.8, 4) is 0 Å². The highest BCUT2D eigenvalue weighted by atomic mass is 16.6. The van der Waals surface area contributed by atoms with E-state index < -0.39 is 11.7 Å². The van der Waals surface area contributed by atoms with Crippen molar-refractivity contribution in [3.63, 3.8) is 0 Å². The smallest absolute Gasteiger partial charge is 0.417 e. The molecule has 4 heteroatoms. The number of likely N-dealkylation sites (tertiary alicyclic amines) is 1. The van der Waals surface area contributed by atoms with Gasteiger partial charge in [-0.2, -0.15) is 0 Å². The molecular weight excluding hydrogens is 218 g/mol. The van der Waals surface area contributed by atoms with Crippen LogP contribution >= 0.6 is 0 Å². The van der Waals surface area contributed by atoms with E-state index in [0.717, 1.165) is 19.3 Å². The molecule has 1 saturated heterocycles. The number of ether oxygens (including phenoxy) is 1. The number of allylic oxidation sites excluding steroid dienone is 1. The van der Waals surface area contributed by atoms with E-state index >= 15 is 0 Å². The van der Waals surface area contributed by atoms with Gasteiger partial charge in [-0.3, -0.25) is 4.79 Å². The molecule has 0 aliphatic carbocycles. The van der Waals surface area contributed by atoms with Crippen LogP contribution in [0.25, 0.3) is 0 Å². The lowest BCUT2D eigenvalue weighted by Gasteiger charge is -2.23. The maximum Gasteiger partial charge on any atom is 0.417 e. The average molecular weight is 239 g/mol. The van der Waals surface area contributed by atoms with Crippen molar-refractivity contribution in [2.45, 2.75) is 45.6 Å². The van der Waals surface area contributed by atoms with Crippen molar-refractivity contribution in [2.75, 3.05) is 6.54 Å². The first-order valence-electron chi connectivity index (χ1n) is 6.00. The summed E-state index contributed by atoms with van der Waals surface area (Å²) in [6.45, 7) is 9.48. The molecule has 0 aromatic carbocycles. The highest BCUT2D eigenvalue weighted by Gasteiger charge is 2.37. The van der Waals surface area contributed by atoms with E-state index in [9.17, 15) is 9.59 Å². The molecule has 0 spiro atoms. The summed E-state index contributed by atoms with van der Waals surface area (Å²) in [5.41, 5.74) is -0.559. The Morgan fingerprint density at radius 3 is 2.76 bits per heavy atom. The summed E-state index contributed by atoms with van der Waals surface area (Å²) in [6.07, 6.45) is 3.57. The van der Waals surface area contributed by atoms with Gasteiger partial charge in [0.15, 0.2) is 0 Å². The summed E-state index contributed by atoms with van der Waals surface area (Å²) >= 11 is 0. The first-order chi connectivity index (χ1) is 7.85. The Morgan fingerprint density at radius 2 is 2.24 bits per heavy atom. The molecule has 0 saturated carbocycles. The number of carbonyl (C=O) groups excluding carboxylic acids is 2. The zero-order valence-electron chi connectivity index (χ0n) is 10.9. The molecule has 1 heterocycles. The molecule has 1 fully saturated rings. The molecule has 0 aromatic heterocycles. The average Bonchev–Trinajstić information content (AvgIpc) is 2.54. The Labute approximate surface area is 103 Å². The van der Waals surface area contributed by atoms with E-state index in [4.69, 9.17) is 4.74 Å². The summed E-state index contributed by atoms with van der Waals surface area (Å²) in [6, 6.07) is 0. The van der Waals surface area contributed by atoms with Crippen LogP contribution < -0.4 is 0 Å². The maximum absolute atomic E-state index is 11.9. The number of imide groups is 1. The van der Waals surface area contributed by atoms with Gasteiger partial charge in [0, 0.05) is 12.5 Å². The predicted octanol–water partition coefficient (Wildman–Crippen LogP) is 2.74. The van der Waals surface area contributed by atoms with Crippen molar-refractivity contribution in [3.05, 3.63) is 12.7 Å². The van der Waals surface area contributed by atoms with Gasteiger partial charge in [0.2, 0.25) is 5.91 Å². The standard InChI is InChI=1S/C13H21NO3/c1-5-6-7-10-8-9-14(11(10)15)12(16)17-13(2,3)4/h5,10H,1,6-9H2,2-4H3. The third-order valence-corrected chi connectivity index (χ3v) is 2.65. The fourth-order valence-electron chi connectivity index (χ4n) is 1.82. The van der Waals surface area contributed by atoms with Gasteiger partial charge in [-0.05, 0) is 40.0 Å². The van der Waals surface area contributed by atoms with Crippen LogP contribution in [0.1, 0.15) is 40.0 Å². The molecule has 1 unspecified atom stereocenters. The van der Waals surface area contributed by atoms with E-state index in [1.165, 1.54) is 4.90 Å². The van der Waals surface area contributed by atoms with Crippen LogP contribution in [0.4, 0.5) is 4.79 Å². The highest BCUT2D eigenvalue weighted by molar-refractivity contribution is 5.95. The lowest BCUT2D eigenvalue weighted by Crippen LogP contribution is -2.38. The second-order valence-corrected chi connectivity index (χ2v) is 5.32. The Kier molecular flexibility index (Phi) is 4.32. The molecule has 0 radical (unpaired) electrons. The second-order valence-electron chi connectivity index (χ2n) is 5.32. The zero-order valence-corrected chi connectivity index (χ0v) is 10.9. The molecular formula is C13H21NO3. The number of nitrogens with zero attached hydrogens (tertiary/aromatic N) is 1. The fraction of sp³-hybridized carbons (Fsp3) is 0.692. The number of rotatable bonds is 3. The maximum atomic E-state index is 11.9. The minimum Gasteiger partial charge on any atom is -0.443 e. The van der Waals surface area contributed by atoms with Gasteiger partial charge < -0.3 is 4.74 Å². The molecule has 4 nitrogen and oxygen atoms in total. The number of carbonyl (C=O) groups is 2. The Bertz CT molecular complexity index is 317. The van der Waals surface area contributed by atoms with Gasteiger partial charge in [0.25, 0.3) is 0 Å². The largest absolute Gasteiger partial charge is 0.443 e. The summed E-state index contributed by atoms with van der Waals surface area (Å²) in [5.74, 6) is -0.165. The van der Waals surface area contributed by atoms with Gasteiger partial charge in [-0.1, -0.05) is 6.08 Å². The van der Waals surface area contributed by atoms with Crippen LogP contribution in [-0.2, 0) is 9.53 Å². The van der Waals surface area contributed by atoms with Crippen molar-refractivity contribution in [1.82, 2.24) is 4.90 Å². The van der Waals surface area contributed by atoms with Gasteiger partial charge in [-0.15, -0.1) is 6.58 Å². The minimum atomic E-state index is -0.559. The zero-order chi connectivity index (χ0) is 13.1. The second kappa shape index (κ2) is 5.34. The lowest BCUT2D eigenvalue weighted by molar-refractivity contribution is -0.130. The molecule has 0 aromatic rings. The fourth-order valence-corrected chi connectivity index (χ4v) is 1.82. The van der Waals surface area contributed by atoms with Crippen LogP contribution in [0.15, 0.2) is 12.7 Å². The minimum absolute atomic E-state index is 0.0551. The van der Waals surface area contributed by atoms with Gasteiger partial charge in [-0.25, -0.2) is 9.69 Å². The first-order valence-corrected chi connectivity index (χ1v) is 6.00. The first kappa shape index (κ1) is 13.7. The Hall–Kier alpha value is -1.32. The molecule has 1 aliphatic rings. The molecule has 17 heavy (non-hydrogen) atoms. The van der Waals surface area contributed by atoms with Gasteiger partial charge in [0.1, 0.15) is 5.60 Å². The lowest BCUT2D eigenvalue weighted by atomic mass is 10.0. The van der Waals surface area contributed by atoms with Crippen molar-refractivity contribution in [2.24, 2.45) is 5.92 Å². The third-order valence-electron chi connectivity index (χ3n) is 2.65. The van der Waals surface area contributed by atoms with Crippen LogP contribution in [-0.4, -0.2) is 29.0 Å². The number of hydrogen-bond donors (Lipinski definition) is 0. The van der Waals surface area contributed by atoms with E-state index in [2.05, 4.69) is 6.58 Å². The molecule has 0 bridgehead atoms.